The number of para-hydroxylation sites is 1. The van der Waals surface area contributed by atoms with Crippen LogP contribution in [0.25, 0.3) is 6.08 Å². The maximum absolute atomic E-state index is 13.8. The molecular weight excluding hydrogens is 282 g/mol. The zero-order valence-electron chi connectivity index (χ0n) is 12.0. The van der Waals surface area contributed by atoms with Crippen molar-refractivity contribution < 1.29 is 13.5 Å². The van der Waals surface area contributed by atoms with Crippen LogP contribution >= 0.6 is 0 Å². The first-order valence-corrected chi connectivity index (χ1v) is 7.28. The summed E-state index contributed by atoms with van der Waals surface area (Å²) < 4.78 is 32.9. The molecule has 0 aromatic heterocycles. The summed E-state index contributed by atoms with van der Waals surface area (Å²) in [5, 5.41) is 0. The average Bonchev–Trinajstić information content (AvgIpc) is 3.33. The normalized spacial score (nSPS) is 15.3. The molecule has 1 aliphatic rings. The molecule has 2 aromatic rings. The first-order chi connectivity index (χ1) is 10.7. The van der Waals surface area contributed by atoms with E-state index in [9.17, 15) is 8.78 Å². The summed E-state index contributed by atoms with van der Waals surface area (Å²) >= 11 is 0. The van der Waals surface area contributed by atoms with Crippen molar-refractivity contribution in [3.05, 3.63) is 77.9 Å². The summed E-state index contributed by atoms with van der Waals surface area (Å²) in [5.74, 6) is 0.365. The van der Waals surface area contributed by atoms with Gasteiger partial charge in [-0.1, -0.05) is 30.3 Å². The molecule has 0 spiro atoms. The van der Waals surface area contributed by atoms with Crippen molar-refractivity contribution in [2.75, 3.05) is 0 Å². The molecule has 3 heteroatoms. The third kappa shape index (κ3) is 4.04. The second-order valence-electron chi connectivity index (χ2n) is 5.33. The molecule has 22 heavy (non-hydrogen) atoms. The number of benzene rings is 2. The summed E-state index contributed by atoms with van der Waals surface area (Å²) in [6, 6.07) is 13.5. The Bertz CT molecular complexity index is 701. The number of hydrogen-bond donors (Lipinski definition) is 0. The van der Waals surface area contributed by atoms with Crippen LogP contribution in [0, 0.1) is 11.7 Å². The summed E-state index contributed by atoms with van der Waals surface area (Å²) in [5.41, 5.74) is 0.687. The molecule has 0 heterocycles. The molecule has 112 valence electrons. The largest absolute Gasteiger partial charge is 0.454 e. The highest BCUT2D eigenvalue weighted by molar-refractivity contribution is 5.55. The smallest absolute Gasteiger partial charge is 0.165 e. The Kier molecular flexibility index (Phi) is 4.33. The highest BCUT2D eigenvalue weighted by atomic mass is 19.1. The zero-order valence-corrected chi connectivity index (χ0v) is 12.0. The molecule has 1 saturated carbocycles. The Balaban J connectivity index is 1.76. The fourth-order valence-electron chi connectivity index (χ4n) is 2.04. The van der Waals surface area contributed by atoms with Gasteiger partial charge in [0.05, 0.1) is 0 Å². The SMILES string of the molecule is FC(C=Cc1ccc(F)c(Oc2ccccc2)c1)=CC1CC1. The summed E-state index contributed by atoms with van der Waals surface area (Å²) in [6.07, 6.45) is 6.77. The van der Waals surface area contributed by atoms with Gasteiger partial charge in [-0.05, 0) is 60.7 Å². The topological polar surface area (TPSA) is 9.23 Å². The molecule has 0 atom stereocenters. The molecule has 2 aromatic carbocycles. The standard InChI is InChI=1S/C19H16F2O/c20-16(12-14-6-7-14)10-8-15-9-11-18(21)19(13-15)22-17-4-2-1-3-5-17/h1-5,8-14H,6-7H2. The van der Waals surface area contributed by atoms with E-state index in [4.69, 9.17) is 4.74 Å². The Hall–Kier alpha value is -2.42. The number of ether oxygens (including phenoxy) is 1. The van der Waals surface area contributed by atoms with Crippen LogP contribution in [-0.4, -0.2) is 0 Å². The van der Waals surface area contributed by atoms with Crippen LogP contribution in [0.1, 0.15) is 18.4 Å². The third-order valence-corrected chi connectivity index (χ3v) is 3.38. The van der Waals surface area contributed by atoms with E-state index in [0.717, 1.165) is 12.8 Å². The van der Waals surface area contributed by atoms with Crippen LogP contribution < -0.4 is 4.74 Å². The van der Waals surface area contributed by atoms with Crippen LogP contribution in [-0.2, 0) is 0 Å². The van der Waals surface area contributed by atoms with Crippen LogP contribution in [0.2, 0.25) is 0 Å². The fraction of sp³-hybridized carbons (Fsp3) is 0.158. The lowest BCUT2D eigenvalue weighted by atomic mass is 10.2. The molecule has 3 rings (SSSR count). The zero-order chi connectivity index (χ0) is 15.4. The van der Waals surface area contributed by atoms with E-state index in [0.29, 0.717) is 17.2 Å². The second-order valence-corrected chi connectivity index (χ2v) is 5.33. The minimum atomic E-state index is -0.449. The van der Waals surface area contributed by atoms with Crippen molar-refractivity contribution in [1.29, 1.82) is 0 Å². The van der Waals surface area contributed by atoms with E-state index in [-0.39, 0.29) is 11.6 Å². The molecule has 1 nitrogen and oxygen atoms in total. The predicted octanol–water partition coefficient (Wildman–Crippen LogP) is 5.89. The summed E-state index contributed by atoms with van der Waals surface area (Å²) in [7, 11) is 0. The van der Waals surface area contributed by atoms with E-state index in [1.807, 2.05) is 18.2 Å². The van der Waals surface area contributed by atoms with Crippen molar-refractivity contribution in [2.45, 2.75) is 12.8 Å². The van der Waals surface area contributed by atoms with E-state index in [1.165, 1.54) is 12.1 Å². The van der Waals surface area contributed by atoms with Crippen molar-refractivity contribution >= 4 is 6.08 Å². The third-order valence-electron chi connectivity index (χ3n) is 3.38. The lowest BCUT2D eigenvalue weighted by molar-refractivity contribution is 0.442. The minimum Gasteiger partial charge on any atom is -0.454 e. The van der Waals surface area contributed by atoms with Gasteiger partial charge in [0.15, 0.2) is 11.6 Å². The molecule has 0 radical (unpaired) electrons. The first kappa shape index (κ1) is 14.5. The number of rotatable bonds is 5. The number of hydrogen-bond acceptors (Lipinski definition) is 1. The molecule has 0 N–H and O–H groups in total. The Morgan fingerprint density at radius 1 is 1.09 bits per heavy atom. The summed E-state index contributed by atoms with van der Waals surface area (Å²) in [4.78, 5) is 0. The van der Waals surface area contributed by atoms with Crippen LogP contribution in [0.5, 0.6) is 11.5 Å². The van der Waals surface area contributed by atoms with Crippen LogP contribution in [0.4, 0.5) is 8.78 Å². The maximum atomic E-state index is 13.8. The Morgan fingerprint density at radius 3 is 2.59 bits per heavy atom. The number of allylic oxidation sites excluding steroid dienone is 3. The Labute approximate surface area is 128 Å². The van der Waals surface area contributed by atoms with Gasteiger partial charge in [-0.15, -0.1) is 0 Å². The van der Waals surface area contributed by atoms with E-state index >= 15 is 0 Å². The average molecular weight is 298 g/mol. The maximum Gasteiger partial charge on any atom is 0.165 e. The molecule has 0 aliphatic heterocycles. The molecule has 1 aliphatic carbocycles. The molecule has 0 bridgehead atoms. The number of halogens is 2. The Morgan fingerprint density at radius 2 is 1.86 bits per heavy atom. The van der Waals surface area contributed by atoms with Gasteiger partial charge < -0.3 is 4.74 Å². The van der Waals surface area contributed by atoms with Gasteiger partial charge in [-0.25, -0.2) is 8.78 Å². The van der Waals surface area contributed by atoms with E-state index in [1.54, 1.807) is 36.4 Å². The lowest BCUT2D eigenvalue weighted by Gasteiger charge is -2.07. The summed E-state index contributed by atoms with van der Waals surface area (Å²) in [6.45, 7) is 0. The highest BCUT2D eigenvalue weighted by Crippen LogP contribution is 2.32. The molecule has 0 unspecified atom stereocenters. The second kappa shape index (κ2) is 6.56. The van der Waals surface area contributed by atoms with Crippen molar-refractivity contribution in [1.82, 2.24) is 0 Å². The van der Waals surface area contributed by atoms with Gasteiger partial charge in [0.2, 0.25) is 0 Å². The van der Waals surface area contributed by atoms with E-state index in [2.05, 4.69) is 0 Å². The van der Waals surface area contributed by atoms with Crippen molar-refractivity contribution in [3.63, 3.8) is 0 Å². The van der Waals surface area contributed by atoms with Gasteiger partial charge in [-0.3, -0.25) is 0 Å². The van der Waals surface area contributed by atoms with Gasteiger partial charge >= 0.3 is 0 Å². The first-order valence-electron chi connectivity index (χ1n) is 7.28. The molecule has 0 amide bonds. The van der Waals surface area contributed by atoms with Crippen LogP contribution in [0.15, 0.2) is 66.5 Å². The predicted molar refractivity (Wildman–Crippen MR) is 83.9 cm³/mol. The van der Waals surface area contributed by atoms with Gasteiger partial charge in [0.1, 0.15) is 11.6 Å². The minimum absolute atomic E-state index is 0.125. The van der Waals surface area contributed by atoms with Crippen molar-refractivity contribution in [2.24, 2.45) is 5.92 Å². The highest BCUT2D eigenvalue weighted by Gasteiger charge is 2.18. The van der Waals surface area contributed by atoms with Gasteiger partial charge in [0.25, 0.3) is 0 Å². The molecule has 0 saturated heterocycles. The lowest BCUT2D eigenvalue weighted by Crippen LogP contribution is -1.89. The monoisotopic (exact) mass is 298 g/mol. The van der Waals surface area contributed by atoms with E-state index < -0.39 is 5.82 Å². The van der Waals surface area contributed by atoms with Crippen molar-refractivity contribution in [3.8, 4) is 11.5 Å². The van der Waals surface area contributed by atoms with Crippen LogP contribution in [0.3, 0.4) is 0 Å². The van der Waals surface area contributed by atoms with Gasteiger partial charge in [-0.2, -0.15) is 0 Å². The quantitative estimate of drug-likeness (QED) is 0.625. The fourth-order valence-corrected chi connectivity index (χ4v) is 2.04. The van der Waals surface area contributed by atoms with Gasteiger partial charge in [0, 0.05) is 0 Å². The molecule has 1 fully saturated rings. The molecular formula is C19H16F2O.